The van der Waals surface area contributed by atoms with Gasteiger partial charge in [0.15, 0.2) is 5.69 Å². The van der Waals surface area contributed by atoms with Gasteiger partial charge in [0.05, 0.1) is 5.01 Å². The Morgan fingerprint density at radius 2 is 1.95 bits per heavy atom. The average Bonchev–Trinajstić information content (AvgIpc) is 2.76. The van der Waals surface area contributed by atoms with Gasteiger partial charge in [-0.15, -0.1) is 11.3 Å². The van der Waals surface area contributed by atoms with Crippen molar-refractivity contribution in [3.63, 3.8) is 0 Å². The molecule has 0 aliphatic carbocycles. The van der Waals surface area contributed by atoms with Crippen molar-refractivity contribution in [1.82, 2.24) is 4.98 Å². The van der Waals surface area contributed by atoms with Gasteiger partial charge in [-0.1, -0.05) is 0 Å². The minimum atomic E-state index is -4.70. The van der Waals surface area contributed by atoms with Crippen molar-refractivity contribution >= 4 is 22.9 Å². The van der Waals surface area contributed by atoms with E-state index in [1.54, 1.807) is 0 Å². The van der Waals surface area contributed by atoms with Gasteiger partial charge in [0.1, 0.15) is 10.7 Å². The highest BCUT2D eigenvalue weighted by Crippen LogP contribution is 2.34. The number of thiazole rings is 1. The second-order valence-electron chi connectivity index (χ2n) is 4.33. The van der Waals surface area contributed by atoms with Crippen molar-refractivity contribution in [2.45, 2.75) is 20.0 Å². The molecule has 0 aliphatic heterocycles. The summed E-state index contributed by atoms with van der Waals surface area (Å²) in [7, 11) is 0. The molecule has 0 fully saturated rings. The van der Waals surface area contributed by atoms with E-state index in [0.29, 0.717) is 11.3 Å². The fourth-order valence-corrected chi connectivity index (χ4v) is 2.52. The molecule has 0 unspecified atom stereocenters. The van der Waals surface area contributed by atoms with Crippen LogP contribution in [0.1, 0.15) is 25.9 Å². The number of aryl methyl sites for hydroxylation is 2. The van der Waals surface area contributed by atoms with Crippen molar-refractivity contribution in [2.75, 3.05) is 5.32 Å². The number of carbonyl (C=O) groups excluding carboxylic acids is 1. The van der Waals surface area contributed by atoms with E-state index in [1.165, 1.54) is 26.0 Å². The van der Waals surface area contributed by atoms with Crippen LogP contribution in [-0.2, 0) is 6.18 Å². The predicted octanol–water partition coefficient (Wildman–Crippen LogP) is 4.17. The maximum atomic E-state index is 13.1. The lowest BCUT2D eigenvalue weighted by Gasteiger charge is -2.08. The van der Waals surface area contributed by atoms with E-state index < -0.39 is 28.5 Å². The SMILES string of the molecule is Cc1nc(C(F)(F)F)c(C(=O)Nc2ccc(F)c(C)c2)s1. The Morgan fingerprint density at radius 1 is 1.29 bits per heavy atom. The summed E-state index contributed by atoms with van der Waals surface area (Å²) in [6, 6.07) is 3.75. The smallest absolute Gasteiger partial charge is 0.321 e. The molecule has 0 aliphatic rings. The molecule has 112 valence electrons. The summed E-state index contributed by atoms with van der Waals surface area (Å²) in [6.07, 6.45) is -4.70. The van der Waals surface area contributed by atoms with Crippen LogP contribution in [0.5, 0.6) is 0 Å². The first-order valence-electron chi connectivity index (χ1n) is 5.80. The van der Waals surface area contributed by atoms with Crippen LogP contribution in [0.4, 0.5) is 23.2 Å². The van der Waals surface area contributed by atoms with Gasteiger partial charge in [0.25, 0.3) is 5.91 Å². The van der Waals surface area contributed by atoms with Crippen LogP contribution in [0, 0.1) is 19.7 Å². The number of nitrogens with zero attached hydrogens (tertiary/aromatic N) is 1. The Morgan fingerprint density at radius 3 is 2.52 bits per heavy atom. The average molecular weight is 318 g/mol. The largest absolute Gasteiger partial charge is 0.435 e. The topological polar surface area (TPSA) is 42.0 Å². The first-order chi connectivity index (χ1) is 9.68. The second kappa shape index (κ2) is 5.44. The summed E-state index contributed by atoms with van der Waals surface area (Å²) in [6.45, 7) is 2.88. The number of rotatable bonds is 2. The van der Waals surface area contributed by atoms with Crippen LogP contribution in [0.25, 0.3) is 0 Å². The van der Waals surface area contributed by atoms with E-state index >= 15 is 0 Å². The van der Waals surface area contributed by atoms with Crippen LogP contribution < -0.4 is 5.32 Å². The third kappa shape index (κ3) is 3.38. The maximum absolute atomic E-state index is 13.1. The standard InChI is InChI=1S/C13H10F4N2OS/c1-6-5-8(3-4-9(6)14)19-12(20)10-11(13(15,16)17)18-7(2)21-10/h3-5H,1-2H3,(H,19,20). The number of nitrogens with one attached hydrogen (secondary N) is 1. The van der Waals surface area contributed by atoms with E-state index in [-0.39, 0.29) is 16.3 Å². The summed E-state index contributed by atoms with van der Waals surface area (Å²) in [4.78, 5) is 14.8. The van der Waals surface area contributed by atoms with E-state index in [9.17, 15) is 22.4 Å². The van der Waals surface area contributed by atoms with Crippen molar-refractivity contribution < 1.29 is 22.4 Å². The fourth-order valence-electron chi connectivity index (χ4n) is 1.68. The first-order valence-corrected chi connectivity index (χ1v) is 6.62. The molecule has 0 atom stereocenters. The van der Waals surface area contributed by atoms with Crippen molar-refractivity contribution in [3.05, 3.63) is 45.2 Å². The van der Waals surface area contributed by atoms with Crippen LogP contribution >= 0.6 is 11.3 Å². The molecule has 0 radical (unpaired) electrons. The number of aromatic nitrogens is 1. The van der Waals surface area contributed by atoms with Gasteiger partial charge in [-0.2, -0.15) is 13.2 Å². The highest BCUT2D eigenvalue weighted by atomic mass is 32.1. The number of alkyl halides is 3. The highest BCUT2D eigenvalue weighted by molar-refractivity contribution is 7.13. The lowest BCUT2D eigenvalue weighted by atomic mass is 10.2. The predicted molar refractivity (Wildman–Crippen MR) is 70.9 cm³/mol. The molecular weight excluding hydrogens is 308 g/mol. The molecule has 1 heterocycles. The number of hydrogen-bond acceptors (Lipinski definition) is 3. The molecule has 2 aromatic rings. The van der Waals surface area contributed by atoms with Crippen LogP contribution in [0.2, 0.25) is 0 Å². The van der Waals surface area contributed by atoms with Crippen molar-refractivity contribution in [1.29, 1.82) is 0 Å². The molecule has 1 aromatic carbocycles. The Bertz CT molecular complexity index is 694. The van der Waals surface area contributed by atoms with E-state index in [4.69, 9.17) is 0 Å². The van der Waals surface area contributed by atoms with Gasteiger partial charge < -0.3 is 5.32 Å². The molecule has 0 saturated carbocycles. The van der Waals surface area contributed by atoms with Gasteiger partial charge in [-0.05, 0) is 37.6 Å². The Labute approximate surface area is 121 Å². The number of hydrogen-bond donors (Lipinski definition) is 1. The van der Waals surface area contributed by atoms with Crippen LogP contribution in [0.15, 0.2) is 18.2 Å². The molecule has 2 rings (SSSR count). The van der Waals surface area contributed by atoms with E-state index in [1.807, 2.05) is 0 Å². The van der Waals surface area contributed by atoms with Gasteiger partial charge in [-0.25, -0.2) is 9.37 Å². The van der Waals surface area contributed by atoms with Crippen molar-refractivity contribution in [2.24, 2.45) is 0 Å². The zero-order valence-corrected chi connectivity index (χ0v) is 11.8. The molecule has 3 nitrogen and oxygen atoms in total. The quantitative estimate of drug-likeness (QED) is 0.844. The van der Waals surface area contributed by atoms with Crippen LogP contribution in [0.3, 0.4) is 0 Å². The number of carbonyl (C=O) groups is 1. The zero-order chi connectivity index (χ0) is 15.8. The molecule has 0 bridgehead atoms. The Hall–Kier alpha value is -1.96. The van der Waals surface area contributed by atoms with Crippen molar-refractivity contribution in [3.8, 4) is 0 Å². The zero-order valence-electron chi connectivity index (χ0n) is 11.0. The van der Waals surface area contributed by atoms with E-state index in [0.717, 1.165) is 6.07 Å². The molecule has 8 heteroatoms. The van der Waals surface area contributed by atoms with Gasteiger partial charge in [0.2, 0.25) is 0 Å². The first kappa shape index (κ1) is 15.4. The highest BCUT2D eigenvalue weighted by Gasteiger charge is 2.39. The molecule has 1 aromatic heterocycles. The molecule has 21 heavy (non-hydrogen) atoms. The normalized spacial score (nSPS) is 11.5. The number of anilines is 1. The summed E-state index contributed by atoms with van der Waals surface area (Å²) in [5.74, 6) is -1.38. The number of halogens is 4. The molecule has 1 N–H and O–H groups in total. The number of benzene rings is 1. The third-order valence-corrected chi connectivity index (χ3v) is 3.59. The van der Waals surface area contributed by atoms with Gasteiger partial charge in [-0.3, -0.25) is 4.79 Å². The fraction of sp³-hybridized carbons (Fsp3) is 0.231. The van der Waals surface area contributed by atoms with Crippen LogP contribution in [-0.4, -0.2) is 10.9 Å². The lowest BCUT2D eigenvalue weighted by Crippen LogP contribution is -2.17. The minimum absolute atomic E-state index is 0.141. The van der Waals surface area contributed by atoms with E-state index in [2.05, 4.69) is 10.3 Å². The molecule has 1 amide bonds. The summed E-state index contributed by atoms with van der Waals surface area (Å²) >= 11 is 0.659. The van der Waals surface area contributed by atoms with Gasteiger partial charge in [0, 0.05) is 5.69 Å². The monoisotopic (exact) mass is 318 g/mol. The third-order valence-electron chi connectivity index (χ3n) is 2.62. The lowest BCUT2D eigenvalue weighted by molar-refractivity contribution is -0.141. The summed E-state index contributed by atoms with van der Waals surface area (Å²) in [5.41, 5.74) is -0.705. The molecular formula is C13H10F4N2OS. The Balaban J connectivity index is 2.30. The molecule has 0 saturated heterocycles. The molecule has 0 spiro atoms. The summed E-state index contributed by atoms with van der Waals surface area (Å²) < 4.78 is 51.5. The summed E-state index contributed by atoms with van der Waals surface area (Å²) in [5, 5.41) is 2.46. The minimum Gasteiger partial charge on any atom is -0.321 e. The van der Waals surface area contributed by atoms with Gasteiger partial charge >= 0.3 is 6.18 Å². The number of amides is 1. The second-order valence-corrected chi connectivity index (χ2v) is 5.53. The maximum Gasteiger partial charge on any atom is 0.435 e. The Kier molecular flexibility index (Phi) is 3.99.